The van der Waals surface area contributed by atoms with Gasteiger partial charge in [0.05, 0.1) is 33.5 Å². The minimum atomic E-state index is -6.00. The largest absolute Gasteiger partial charge is 0.673 e. The molecule has 0 aromatic heterocycles. The minimum absolute atomic E-state index is 0.598. The van der Waals surface area contributed by atoms with Gasteiger partial charge in [0.1, 0.15) is 22.8 Å². The van der Waals surface area contributed by atoms with Crippen molar-refractivity contribution in [1.82, 2.24) is 0 Å². The van der Waals surface area contributed by atoms with Crippen molar-refractivity contribution in [2.75, 3.05) is 27.4 Å². The molecule has 0 saturated carbocycles. The zero-order chi connectivity index (χ0) is 25.4. The molecule has 0 spiro atoms. The van der Waals surface area contributed by atoms with Gasteiger partial charge in [0.2, 0.25) is 0 Å². The van der Waals surface area contributed by atoms with Crippen LogP contribution in [-0.4, -0.2) is 34.7 Å². The molecule has 0 aliphatic rings. The second-order valence-corrected chi connectivity index (χ2v) is 6.46. The Hall–Kier alpha value is -3.33. The summed E-state index contributed by atoms with van der Waals surface area (Å²) in [6.45, 7) is 5.14. The van der Waals surface area contributed by atoms with E-state index in [1.807, 2.05) is 92.8 Å². The molecule has 34 heavy (non-hydrogen) atoms. The predicted molar refractivity (Wildman–Crippen MR) is 128 cm³/mol. The molecular formula is C25H29BF4O4. The lowest BCUT2D eigenvalue weighted by Gasteiger charge is -2.08. The first-order chi connectivity index (χ1) is 16.2. The summed E-state index contributed by atoms with van der Waals surface area (Å²) in [7, 11) is -2.69. The van der Waals surface area contributed by atoms with Crippen molar-refractivity contribution < 1.29 is 36.2 Å². The van der Waals surface area contributed by atoms with Crippen molar-refractivity contribution in [3.63, 3.8) is 0 Å². The number of rotatable bonds is 11. The Kier molecular flexibility index (Phi) is 13.1. The van der Waals surface area contributed by atoms with Crippen LogP contribution in [0.2, 0.25) is 0 Å². The molecule has 0 aliphatic heterocycles. The van der Waals surface area contributed by atoms with E-state index in [-0.39, 0.29) is 0 Å². The quantitative estimate of drug-likeness (QED) is 0.113. The Morgan fingerprint density at radius 1 is 0.794 bits per heavy atom. The Morgan fingerprint density at radius 3 is 1.79 bits per heavy atom. The molecule has 2 rings (SSSR count). The van der Waals surface area contributed by atoms with Crippen molar-refractivity contribution in [3.8, 4) is 11.5 Å². The van der Waals surface area contributed by atoms with Crippen LogP contribution >= 0.6 is 0 Å². The van der Waals surface area contributed by atoms with E-state index < -0.39 is 7.25 Å². The summed E-state index contributed by atoms with van der Waals surface area (Å²) in [6, 6.07) is 15.6. The molecule has 0 saturated heterocycles. The molecule has 184 valence electrons. The van der Waals surface area contributed by atoms with E-state index in [0.717, 1.165) is 34.5 Å². The predicted octanol–water partition coefficient (Wildman–Crippen LogP) is 7.11. The third-order valence-corrected chi connectivity index (χ3v) is 4.07. The van der Waals surface area contributed by atoms with Crippen LogP contribution in [0.3, 0.4) is 0 Å². The Balaban J connectivity index is 0.00000104. The number of halogens is 4. The van der Waals surface area contributed by atoms with Crippen LogP contribution in [-0.2, 0) is 9.47 Å². The van der Waals surface area contributed by atoms with Gasteiger partial charge in [0, 0.05) is 35.9 Å². The van der Waals surface area contributed by atoms with Gasteiger partial charge < -0.3 is 31.5 Å². The third-order valence-electron chi connectivity index (χ3n) is 4.07. The number of ether oxygens (including phenoxy) is 4. The molecule has 0 fully saturated rings. The molecule has 0 radical (unpaired) electrons. The highest BCUT2D eigenvalue weighted by molar-refractivity contribution is 6.50. The average Bonchev–Trinajstić information content (AvgIpc) is 2.81. The van der Waals surface area contributed by atoms with Gasteiger partial charge >= 0.3 is 7.25 Å². The van der Waals surface area contributed by atoms with Crippen LogP contribution in [0.4, 0.5) is 17.3 Å². The molecule has 0 aliphatic carbocycles. The van der Waals surface area contributed by atoms with Crippen LogP contribution < -0.4 is 9.47 Å². The second kappa shape index (κ2) is 15.5. The lowest BCUT2D eigenvalue weighted by Crippen LogP contribution is -2.02. The Morgan fingerprint density at radius 2 is 1.32 bits per heavy atom. The molecule has 2 aromatic carbocycles. The van der Waals surface area contributed by atoms with E-state index in [9.17, 15) is 17.3 Å². The zero-order valence-electron chi connectivity index (χ0n) is 19.6. The Bertz CT molecular complexity index is 902. The van der Waals surface area contributed by atoms with Gasteiger partial charge in [-0.2, -0.15) is 0 Å². The number of benzene rings is 2. The maximum Gasteiger partial charge on any atom is 0.673 e. The standard InChI is InChI=1S/C25H29O4.BF4/c1-5-28-24(20-12-16-22(26-3)17-13-20)10-8-7-9-11-25(29-6-2)21-14-18-23(27-4)19-15-21;2-1(3,4)5/h7-19H,5-6H2,1-4H3;/q+1;-1. The van der Waals surface area contributed by atoms with Crippen LogP contribution in [0.1, 0.15) is 25.0 Å². The first kappa shape index (κ1) is 28.7. The maximum absolute atomic E-state index is 9.75. The maximum atomic E-state index is 9.75. The van der Waals surface area contributed by atoms with Gasteiger partial charge in [-0.1, -0.05) is 0 Å². The van der Waals surface area contributed by atoms with Crippen LogP contribution in [0, 0.1) is 6.10 Å². The summed E-state index contributed by atoms with van der Waals surface area (Å²) in [5.74, 6) is 2.45. The van der Waals surface area contributed by atoms with Crippen molar-refractivity contribution in [2.24, 2.45) is 0 Å². The summed E-state index contributed by atoms with van der Waals surface area (Å²) < 4.78 is 60.9. The molecule has 0 unspecified atom stereocenters. The summed E-state index contributed by atoms with van der Waals surface area (Å²) in [5, 5.41) is 0. The van der Waals surface area contributed by atoms with Crippen molar-refractivity contribution in [2.45, 2.75) is 13.8 Å². The van der Waals surface area contributed by atoms with Crippen LogP contribution in [0.5, 0.6) is 11.5 Å². The van der Waals surface area contributed by atoms with Gasteiger partial charge in [0.15, 0.2) is 6.10 Å². The smallest absolute Gasteiger partial charge is 0.497 e. The number of hydrogen-bond acceptors (Lipinski definition) is 4. The molecule has 0 N–H and O–H groups in total. The summed E-state index contributed by atoms with van der Waals surface area (Å²) in [4.78, 5) is 0. The highest BCUT2D eigenvalue weighted by Gasteiger charge is 2.20. The normalized spacial score (nSPS) is 11.8. The minimum Gasteiger partial charge on any atom is -0.497 e. The van der Waals surface area contributed by atoms with Gasteiger partial charge in [-0.3, -0.25) is 4.74 Å². The van der Waals surface area contributed by atoms with E-state index >= 15 is 0 Å². The van der Waals surface area contributed by atoms with Gasteiger partial charge in [0.25, 0.3) is 0 Å². The highest BCUT2D eigenvalue weighted by Crippen LogP contribution is 2.22. The van der Waals surface area contributed by atoms with Crippen LogP contribution in [0.25, 0.3) is 5.76 Å². The van der Waals surface area contributed by atoms with Gasteiger partial charge in [-0.15, -0.1) is 0 Å². The highest BCUT2D eigenvalue weighted by atomic mass is 19.5. The molecule has 2 aromatic rings. The number of hydrogen-bond donors (Lipinski definition) is 0. The molecule has 0 atom stereocenters. The van der Waals surface area contributed by atoms with Crippen molar-refractivity contribution in [3.05, 3.63) is 96.1 Å². The molecule has 0 bridgehead atoms. The average molecular weight is 480 g/mol. The molecular weight excluding hydrogens is 451 g/mol. The summed E-state index contributed by atoms with van der Waals surface area (Å²) >= 11 is 0. The molecule has 0 amide bonds. The summed E-state index contributed by atoms with van der Waals surface area (Å²) in [6.07, 6.45) is 10.5. The summed E-state index contributed by atoms with van der Waals surface area (Å²) in [5.41, 5.74) is 2.00. The fourth-order valence-electron chi connectivity index (χ4n) is 2.63. The van der Waals surface area contributed by atoms with Crippen molar-refractivity contribution >= 4 is 13.0 Å². The van der Waals surface area contributed by atoms with E-state index in [1.165, 1.54) is 0 Å². The van der Waals surface area contributed by atoms with Gasteiger partial charge in [-0.25, -0.2) is 0 Å². The lowest BCUT2D eigenvalue weighted by atomic mass is 10.1. The molecule has 9 heteroatoms. The topological polar surface area (TPSA) is 36.9 Å². The lowest BCUT2D eigenvalue weighted by molar-refractivity contribution is 0.195. The number of allylic oxidation sites excluding steroid dienone is 4. The zero-order valence-corrected chi connectivity index (χ0v) is 19.6. The number of methoxy groups -OCH3 is 2. The molecule has 4 nitrogen and oxygen atoms in total. The van der Waals surface area contributed by atoms with Crippen LogP contribution in [0.15, 0.2) is 78.9 Å². The SMILES string of the molecule is CCOC(=CC=CC=C[C+](OCC)c1ccc(OC)cc1)c1ccc(OC)cc1.F[B-](F)(F)F. The first-order valence-electron chi connectivity index (χ1n) is 10.6. The first-order valence-corrected chi connectivity index (χ1v) is 10.6. The van der Waals surface area contributed by atoms with E-state index in [1.54, 1.807) is 14.2 Å². The second-order valence-electron chi connectivity index (χ2n) is 6.46. The van der Waals surface area contributed by atoms with E-state index in [4.69, 9.17) is 18.9 Å². The van der Waals surface area contributed by atoms with Crippen molar-refractivity contribution in [1.29, 1.82) is 0 Å². The third kappa shape index (κ3) is 12.1. The monoisotopic (exact) mass is 480 g/mol. The van der Waals surface area contributed by atoms with E-state index in [2.05, 4.69) is 0 Å². The molecule has 0 heterocycles. The Labute approximate surface area is 198 Å². The van der Waals surface area contributed by atoms with E-state index in [0.29, 0.717) is 13.2 Å². The van der Waals surface area contributed by atoms with Gasteiger partial charge in [-0.05, 0) is 56.3 Å². The fourth-order valence-corrected chi connectivity index (χ4v) is 2.63. The fraction of sp³-hybridized carbons (Fsp3) is 0.240.